The lowest BCUT2D eigenvalue weighted by Crippen LogP contribution is -2.59. The van der Waals surface area contributed by atoms with Crippen LogP contribution < -0.4 is 5.32 Å². The summed E-state index contributed by atoms with van der Waals surface area (Å²) in [6, 6.07) is 9.08. The lowest BCUT2D eigenvalue weighted by molar-refractivity contribution is -0.159. The average Bonchev–Trinajstić information content (AvgIpc) is 2.66. The Morgan fingerprint density at radius 2 is 1.86 bits per heavy atom. The van der Waals surface area contributed by atoms with E-state index in [1.165, 1.54) is 0 Å². The third-order valence-electron chi connectivity index (χ3n) is 3.97. The molecule has 1 amide bonds. The molecule has 0 saturated carbocycles. The Kier molecular flexibility index (Phi) is 8.93. The number of halogens is 1. The first-order valence-electron chi connectivity index (χ1n) is 8.90. The van der Waals surface area contributed by atoms with Gasteiger partial charge in [-0.3, -0.25) is 9.59 Å². The van der Waals surface area contributed by atoms with Crippen LogP contribution >= 0.6 is 11.6 Å². The second-order valence-electron chi connectivity index (χ2n) is 6.68. The quantitative estimate of drug-likeness (QED) is 0.496. The van der Waals surface area contributed by atoms with E-state index in [0.29, 0.717) is 5.56 Å². The van der Waals surface area contributed by atoms with Crippen LogP contribution in [0.5, 0.6) is 0 Å². The summed E-state index contributed by atoms with van der Waals surface area (Å²) in [5.74, 6) is -3.23. The lowest BCUT2D eigenvalue weighted by atomic mass is 9.90. The van der Waals surface area contributed by atoms with Crippen molar-refractivity contribution in [3.8, 4) is 6.07 Å². The number of nitriles is 1. The first kappa shape index (κ1) is 23.4. The summed E-state index contributed by atoms with van der Waals surface area (Å²) >= 11 is 5.44. The monoisotopic (exact) mass is 408 g/mol. The summed E-state index contributed by atoms with van der Waals surface area (Å²) in [4.78, 5) is 36.9. The van der Waals surface area contributed by atoms with Crippen molar-refractivity contribution in [2.45, 2.75) is 45.8 Å². The Morgan fingerprint density at radius 1 is 1.25 bits per heavy atom. The molecule has 0 aliphatic heterocycles. The maximum atomic E-state index is 12.8. The predicted molar refractivity (Wildman–Crippen MR) is 103 cm³/mol. The van der Waals surface area contributed by atoms with Gasteiger partial charge in [-0.05, 0) is 25.3 Å². The van der Waals surface area contributed by atoms with E-state index < -0.39 is 41.3 Å². The van der Waals surface area contributed by atoms with Crippen molar-refractivity contribution in [2.24, 2.45) is 5.92 Å². The SMILES string of the molecule is CCOC(=O)C(C#N)(Cc1ccc(C)cc1)NC(=O)C(OC(=O)CCl)C(C)C. The number of nitrogens with zero attached hydrogens (tertiary/aromatic N) is 1. The first-order chi connectivity index (χ1) is 13.2. The zero-order valence-electron chi connectivity index (χ0n) is 16.5. The van der Waals surface area contributed by atoms with Gasteiger partial charge in [0, 0.05) is 6.42 Å². The van der Waals surface area contributed by atoms with Crippen molar-refractivity contribution in [3.63, 3.8) is 0 Å². The van der Waals surface area contributed by atoms with Gasteiger partial charge in [-0.25, -0.2) is 4.79 Å². The number of amides is 1. The Balaban J connectivity index is 3.21. The Labute approximate surface area is 169 Å². The molecule has 0 aliphatic rings. The van der Waals surface area contributed by atoms with Gasteiger partial charge in [0.25, 0.3) is 5.91 Å². The van der Waals surface area contributed by atoms with E-state index in [1.54, 1.807) is 32.9 Å². The van der Waals surface area contributed by atoms with Gasteiger partial charge in [0.05, 0.1) is 6.61 Å². The molecule has 1 rings (SSSR count). The van der Waals surface area contributed by atoms with Gasteiger partial charge in [-0.2, -0.15) is 5.26 Å². The van der Waals surface area contributed by atoms with Gasteiger partial charge in [0.2, 0.25) is 5.54 Å². The van der Waals surface area contributed by atoms with Crippen molar-refractivity contribution in [3.05, 3.63) is 35.4 Å². The minimum absolute atomic E-state index is 0.0425. The number of carbonyl (C=O) groups is 3. The van der Waals surface area contributed by atoms with Gasteiger partial charge >= 0.3 is 11.9 Å². The molecule has 0 saturated heterocycles. The topological polar surface area (TPSA) is 105 Å². The first-order valence-corrected chi connectivity index (χ1v) is 9.44. The fourth-order valence-electron chi connectivity index (χ4n) is 2.49. The van der Waals surface area contributed by atoms with E-state index in [9.17, 15) is 19.6 Å². The van der Waals surface area contributed by atoms with Gasteiger partial charge in [0.1, 0.15) is 11.9 Å². The highest BCUT2D eigenvalue weighted by atomic mass is 35.5. The third kappa shape index (κ3) is 6.24. The second-order valence-corrected chi connectivity index (χ2v) is 6.94. The van der Waals surface area contributed by atoms with E-state index in [-0.39, 0.29) is 13.0 Å². The molecule has 28 heavy (non-hydrogen) atoms. The Bertz CT molecular complexity index is 742. The molecule has 152 valence electrons. The molecule has 1 aromatic carbocycles. The number of aryl methyl sites for hydroxylation is 1. The van der Waals surface area contributed by atoms with E-state index in [0.717, 1.165) is 5.56 Å². The minimum Gasteiger partial charge on any atom is -0.463 e. The van der Waals surface area contributed by atoms with Crippen LogP contribution in [0.3, 0.4) is 0 Å². The smallest absolute Gasteiger partial charge is 0.347 e. The van der Waals surface area contributed by atoms with Crippen molar-refractivity contribution in [1.82, 2.24) is 5.32 Å². The Hall–Kier alpha value is -2.59. The molecule has 8 heteroatoms. The van der Waals surface area contributed by atoms with Crippen LogP contribution in [-0.4, -0.2) is 42.0 Å². The van der Waals surface area contributed by atoms with Gasteiger partial charge < -0.3 is 14.8 Å². The molecule has 1 aromatic rings. The zero-order chi connectivity index (χ0) is 21.3. The highest BCUT2D eigenvalue weighted by Crippen LogP contribution is 2.18. The number of rotatable bonds is 9. The molecule has 0 aromatic heterocycles. The summed E-state index contributed by atoms with van der Waals surface area (Å²) in [7, 11) is 0. The third-order valence-corrected chi connectivity index (χ3v) is 4.19. The standard InChI is InChI=1S/C20H25ClN2O5/c1-5-27-19(26)20(12-22,10-15-8-6-14(4)7-9-15)23-18(25)17(13(2)3)28-16(24)11-21/h6-9,13,17H,5,10-11H2,1-4H3,(H,23,25). The van der Waals surface area contributed by atoms with Crippen LogP contribution in [0.15, 0.2) is 24.3 Å². The number of hydrogen-bond donors (Lipinski definition) is 1. The van der Waals surface area contributed by atoms with E-state index in [4.69, 9.17) is 21.1 Å². The fourth-order valence-corrected chi connectivity index (χ4v) is 2.56. The highest BCUT2D eigenvalue weighted by molar-refractivity contribution is 6.26. The molecule has 1 N–H and O–H groups in total. The summed E-state index contributed by atoms with van der Waals surface area (Å²) in [5.41, 5.74) is -0.276. The average molecular weight is 409 g/mol. The van der Waals surface area contributed by atoms with Crippen molar-refractivity contribution < 1.29 is 23.9 Å². The zero-order valence-corrected chi connectivity index (χ0v) is 17.2. The maximum Gasteiger partial charge on any atom is 0.347 e. The van der Waals surface area contributed by atoms with Crippen LogP contribution in [0.25, 0.3) is 0 Å². The number of carbonyl (C=O) groups excluding carboxylic acids is 3. The van der Waals surface area contributed by atoms with Crippen molar-refractivity contribution >= 4 is 29.4 Å². The predicted octanol–water partition coefficient (Wildman–Crippen LogP) is 2.29. The second kappa shape index (κ2) is 10.7. The summed E-state index contributed by atoms with van der Waals surface area (Å²) in [6.45, 7) is 6.90. The number of ether oxygens (including phenoxy) is 2. The van der Waals surface area contributed by atoms with E-state index >= 15 is 0 Å². The molecule has 0 bridgehead atoms. The van der Waals surface area contributed by atoms with E-state index in [1.807, 2.05) is 25.1 Å². The molecule has 7 nitrogen and oxygen atoms in total. The number of alkyl halides is 1. The van der Waals surface area contributed by atoms with Crippen molar-refractivity contribution in [1.29, 1.82) is 5.26 Å². The maximum absolute atomic E-state index is 12.8. The molecule has 0 heterocycles. The molecule has 0 spiro atoms. The molecule has 0 radical (unpaired) electrons. The Morgan fingerprint density at radius 3 is 2.32 bits per heavy atom. The molecule has 0 fully saturated rings. The molecular formula is C20H25ClN2O5. The van der Waals surface area contributed by atoms with Gasteiger partial charge in [0.15, 0.2) is 6.10 Å². The van der Waals surface area contributed by atoms with Crippen LogP contribution in [0.2, 0.25) is 0 Å². The van der Waals surface area contributed by atoms with Crippen LogP contribution in [0, 0.1) is 24.2 Å². The number of hydrogen-bond acceptors (Lipinski definition) is 6. The molecular weight excluding hydrogens is 384 g/mol. The van der Waals surface area contributed by atoms with Crippen molar-refractivity contribution in [2.75, 3.05) is 12.5 Å². The van der Waals surface area contributed by atoms with Gasteiger partial charge in [-0.15, -0.1) is 11.6 Å². The van der Waals surface area contributed by atoms with Gasteiger partial charge in [-0.1, -0.05) is 43.7 Å². The molecule has 2 unspecified atom stereocenters. The molecule has 2 atom stereocenters. The fraction of sp³-hybridized carbons (Fsp3) is 0.500. The molecule has 0 aliphatic carbocycles. The number of benzene rings is 1. The van der Waals surface area contributed by atoms with Crippen LogP contribution in [0.4, 0.5) is 0 Å². The summed E-state index contributed by atoms with van der Waals surface area (Å²) in [5, 5.41) is 12.2. The van der Waals surface area contributed by atoms with Crippen LogP contribution in [-0.2, 0) is 30.3 Å². The highest BCUT2D eigenvalue weighted by Gasteiger charge is 2.44. The summed E-state index contributed by atoms with van der Waals surface area (Å²) < 4.78 is 10.1. The van der Waals surface area contributed by atoms with Crippen LogP contribution in [0.1, 0.15) is 31.9 Å². The normalized spacial score (nSPS) is 13.8. The minimum atomic E-state index is -1.96. The number of esters is 2. The lowest BCUT2D eigenvalue weighted by Gasteiger charge is -2.29. The van der Waals surface area contributed by atoms with E-state index in [2.05, 4.69) is 5.32 Å². The number of nitrogens with one attached hydrogen (secondary N) is 1. The largest absolute Gasteiger partial charge is 0.463 e. The summed E-state index contributed by atoms with van der Waals surface area (Å²) in [6.07, 6.45) is -1.30.